The Bertz CT molecular complexity index is 1940. The van der Waals surface area contributed by atoms with Gasteiger partial charge in [-0.15, -0.1) is 0 Å². The van der Waals surface area contributed by atoms with Gasteiger partial charge in [0.1, 0.15) is 17.9 Å². The van der Waals surface area contributed by atoms with Crippen LogP contribution in [-0.4, -0.2) is 8.32 Å². The van der Waals surface area contributed by atoms with Crippen LogP contribution in [0.4, 0.5) is 0 Å². The van der Waals surface area contributed by atoms with Crippen LogP contribution in [0.25, 0.3) is 22.3 Å². The third-order valence-corrected chi connectivity index (χ3v) is 13.3. The van der Waals surface area contributed by atoms with Gasteiger partial charge < -0.3 is 13.6 Å². The highest BCUT2D eigenvalue weighted by atomic mass is 28.4. The molecule has 0 bridgehead atoms. The minimum atomic E-state index is -2.80. The molecule has 0 aliphatic carbocycles. The van der Waals surface area contributed by atoms with Crippen molar-refractivity contribution >= 4 is 29.7 Å². The lowest BCUT2D eigenvalue weighted by atomic mass is 10.0. The Kier molecular flexibility index (Phi) is 8.21. The quantitative estimate of drug-likeness (QED) is 0.162. The molecule has 226 valence electrons. The van der Waals surface area contributed by atoms with Crippen molar-refractivity contribution in [1.29, 1.82) is 0 Å². The third kappa shape index (κ3) is 5.84. The minimum absolute atomic E-state index is 0.173. The molecule has 0 radical (unpaired) electrons. The smallest absolute Gasteiger partial charge is 0.319 e. The molecule has 0 saturated heterocycles. The number of ether oxygens (including phenoxy) is 1. The fourth-order valence-corrected chi connectivity index (χ4v) is 10.6. The van der Waals surface area contributed by atoms with E-state index in [1.165, 1.54) is 10.4 Å². The number of fused-ring (bicyclic) bond motifs is 1. The maximum atomic E-state index is 14.0. The second-order valence-corrected chi connectivity index (χ2v) is 16.8. The first-order valence-corrected chi connectivity index (χ1v) is 17.2. The summed E-state index contributed by atoms with van der Waals surface area (Å²) in [4.78, 5) is 14.0. The molecule has 0 N–H and O–H groups in total. The van der Waals surface area contributed by atoms with E-state index in [0.29, 0.717) is 16.7 Å². The summed E-state index contributed by atoms with van der Waals surface area (Å²) < 4.78 is 19.9. The largest absolute Gasteiger partial charge is 0.534 e. The molecule has 0 aliphatic rings. The van der Waals surface area contributed by atoms with Crippen molar-refractivity contribution in [3.05, 3.63) is 154 Å². The van der Waals surface area contributed by atoms with Crippen LogP contribution in [0, 0.1) is 13.8 Å². The molecule has 0 amide bonds. The first-order chi connectivity index (χ1) is 21.7. The van der Waals surface area contributed by atoms with Gasteiger partial charge in [-0.25, -0.2) is 0 Å². The van der Waals surface area contributed by atoms with Gasteiger partial charge in [-0.3, -0.25) is 4.79 Å². The van der Waals surface area contributed by atoms with Gasteiger partial charge in [0.05, 0.1) is 5.39 Å². The Morgan fingerprint density at radius 3 is 1.82 bits per heavy atom. The van der Waals surface area contributed by atoms with Crippen molar-refractivity contribution < 1.29 is 13.6 Å². The van der Waals surface area contributed by atoms with E-state index in [1.54, 1.807) is 0 Å². The summed E-state index contributed by atoms with van der Waals surface area (Å²) >= 11 is 0. The molecule has 0 aliphatic heterocycles. The van der Waals surface area contributed by atoms with Crippen molar-refractivity contribution in [2.45, 2.75) is 46.3 Å². The Balaban J connectivity index is 1.45. The summed E-state index contributed by atoms with van der Waals surface area (Å²) in [5, 5.41) is 2.78. The zero-order valence-electron chi connectivity index (χ0n) is 26.5. The van der Waals surface area contributed by atoms with Gasteiger partial charge in [-0.2, -0.15) is 0 Å². The Hall–Kier alpha value is -4.87. The molecule has 6 rings (SSSR count). The topological polar surface area (TPSA) is 48.7 Å². The summed E-state index contributed by atoms with van der Waals surface area (Å²) in [6.45, 7) is 11.0. The zero-order chi connectivity index (χ0) is 31.6. The van der Waals surface area contributed by atoms with Crippen LogP contribution in [-0.2, 0) is 6.61 Å². The molecular formula is C40H38O4Si. The van der Waals surface area contributed by atoms with Crippen LogP contribution in [0.15, 0.2) is 137 Å². The van der Waals surface area contributed by atoms with E-state index >= 15 is 0 Å². The van der Waals surface area contributed by atoms with Crippen molar-refractivity contribution in [3.8, 4) is 22.8 Å². The molecule has 0 atom stereocenters. The van der Waals surface area contributed by atoms with E-state index in [0.717, 1.165) is 28.0 Å². The van der Waals surface area contributed by atoms with Crippen LogP contribution in [0.1, 0.15) is 37.5 Å². The van der Waals surface area contributed by atoms with E-state index in [4.69, 9.17) is 13.6 Å². The molecular weight excluding hydrogens is 573 g/mol. The Morgan fingerprint density at radius 2 is 1.27 bits per heavy atom. The van der Waals surface area contributed by atoms with Gasteiger partial charge >= 0.3 is 8.32 Å². The standard InChI is InChI=1S/C40H38O4Si/c1-28-25-29(2)36-35(26-28)43-38(39(37(36)41)42-27-30-15-9-6-10-16-30)31-21-23-32(24-22-31)44-45(40(3,4)5,33-17-11-7-12-18-33)34-19-13-8-14-20-34/h6-26H,27H2,1-5H3. The molecule has 6 aromatic rings. The SMILES string of the molecule is Cc1cc(C)c2c(=O)c(OCc3ccccc3)c(-c3ccc(O[Si](c4ccccc4)(c4ccccc4)C(C)(C)C)cc3)oc2c1. The molecule has 5 aromatic carbocycles. The number of aryl methyl sites for hydroxylation is 2. The van der Waals surface area contributed by atoms with E-state index < -0.39 is 8.32 Å². The summed E-state index contributed by atoms with van der Waals surface area (Å²) in [5.41, 5.74) is 3.98. The fourth-order valence-electron chi connectivity index (χ4n) is 6.22. The summed E-state index contributed by atoms with van der Waals surface area (Å²) in [6, 6.07) is 42.8. The summed E-state index contributed by atoms with van der Waals surface area (Å²) in [6.07, 6.45) is 0. The molecule has 45 heavy (non-hydrogen) atoms. The molecule has 1 aromatic heterocycles. The predicted octanol–water partition coefficient (Wildman–Crippen LogP) is 8.59. The molecule has 1 heterocycles. The second-order valence-electron chi connectivity index (χ2n) is 12.6. The zero-order valence-corrected chi connectivity index (χ0v) is 27.5. The monoisotopic (exact) mass is 610 g/mol. The normalized spacial score (nSPS) is 11.8. The Labute approximate surface area is 266 Å². The average molecular weight is 611 g/mol. The third-order valence-electron chi connectivity index (χ3n) is 8.33. The van der Waals surface area contributed by atoms with E-state index in [-0.39, 0.29) is 22.8 Å². The number of hydrogen-bond donors (Lipinski definition) is 0. The molecule has 0 saturated carbocycles. The predicted molar refractivity (Wildman–Crippen MR) is 186 cm³/mol. The van der Waals surface area contributed by atoms with Crippen LogP contribution in [0.3, 0.4) is 0 Å². The van der Waals surface area contributed by atoms with Crippen LogP contribution < -0.4 is 25.0 Å². The highest BCUT2D eigenvalue weighted by molar-refractivity contribution is 7.00. The first kappa shape index (κ1) is 30.2. The Morgan fingerprint density at radius 1 is 0.711 bits per heavy atom. The number of hydrogen-bond acceptors (Lipinski definition) is 4. The van der Waals surface area contributed by atoms with Gasteiger partial charge in [0.25, 0.3) is 0 Å². The van der Waals surface area contributed by atoms with Crippen LogP contribution >= 0.6 is 0 Å². The number of benzene rings is 5. The van der Waals surface area contributed by atoms with Crippen LogP contribution in [0.2, 0.25) is 5.04 Å². The fraction of sp³-hybridized carbons (Fsp3) is 0.175. The van der Waals surface area contributed by atoms with E-state index in [1.807, 2.05) is 92.7 Å². The number of rotatable bonds is 8. The van der Waals surface area contributed by atoms with Crippen LogP contribution in [0.5, 0.6) is 11.5 Å². The van der Waals surface area contributed by atoms with E-state index in [9.17, 15) is 4.79 Å². The molecule has 4 nitrogen and oxygen atoms in total. The maximum Gasteiger partial charge on any atom is 0.319 e. The maximum absolute atomic E-state index is 14.0. The highest BCUT2D eigenvalue weighted by Gasteiger charge is 2.52. The average Bonchev–Trinajstić information content (AvgIpc) is 3.04. The molecule has 0 unspecified atom stereocenters. The van der Waals surface area contributed by atoms with Crippen molar-refractivity contribution in [2.24, 2.45) is 0 Å². The lowest BCUT2D eigenvalue weighted by molar-refractivity contribution is 0.298. The molecule has 0 fully saturated rings. The second kappa shape index (κ2) is 12.3. The van der Waals surface area contributed by atoms with Gasteiger partial charge in [0.15, 0.2) is 5.76 Å². The van der Waals surface area contributed by atoms with Crippen molar-refractivity contribution in [2.75, 3.05) is 0 Å². The lowest BCUT2D eigenvalue weighted by Crippen LogP contribution is -2.68. The highest BCUT2D eigenvalue weighted by Crippen LogP contribution is 2.39. The van der Waals surface area contributed by atoms with Gasteiger partial charge in [0, 0.05) is 5.56 Å². The summed E-state index contributed by atoms with van der Waals surface area (Å²) in [5.74, 6) is 1.37. The summed E-state index contributed by atoms with van der Waals surface area (Å²) in [7, 11) is -2.80. The molecule has 0 spiro atoms. The van der Waals surface area contributed by atoms with Gasteiger partial charge in [-0.05, 0) is 76.3 Å². The van der Waals surface area contributed by atoms with Gasteiger partial charge in [-0.1, -0.05) is 118 Å². The first-order valence-electron chi connectivity index (χ1n) is 15.3. The lowest BCUT2D eigenvalue weighted by Gasteiger charge is -2.43. The van der Waals surface area contributed by atoms with Gasteiger partial charge in [0.2, 0.25) is 11.2 Å². The van der Waals surface area contributed by atoms with Crippen molar-refractivity contribution in [1.82, 2.24) is 0 Å². The minimum Gasteiger partial charge on any atom is -0.534 e. The van der Waals surface area contributed by atoms with E-state index in [2.05, 4.69) is 69.3 Å². The molecule has 5 heteroatoms. The van der Waals surface area contributed by atoms with Crippen molar-refractivity contribution in [3.63, 3.8) is 0 Å².